The van der Waals surface area contributed by atoms with Crippen LogP contribution in [0.25, 0.3) is 16.6 Å². The van der Waals surface area contributed by atoms with Crippen molar-refractivity contribution in [1.29, 1.82) is 5.26 Å². The summed E-state index contributed by atoms with van der Waals surface area (Å²) in [5.74, 6) is -0.931. The van der Waals surface area contributed by atoms with Crippen LogP contribution in [-0.4, -0.2) is 25.5 Å². The number of hydrogen-bond donors (Lipinski definition) is 1. The summed E-state index contributed by atoms with van der Waals surface area (Å²) in [6.45, 7) is 3.89. The Morgan fingerprint density at radius 1 is 1.27 bits per heavy atom. The number of nitriles is 1. The predicted molar refractivity (Wildman–Crippen MR) is 111 cm³/mol. The van der Waals surface area contributed by atoms with Gasteiger partial charge in [-0.05, 0) is 41.8 Å². The van der Waals surface area contributed by atoms with E-state index in [4.69, 9.17) is 0 Å². The second-order valence-electron chi connectivity index (χ2n) is 7.30. The van der Waals surface area contributed by atoms with Crippen molar-refractivity contribution in [3.63, 3.8) is 0 Å². The Morgan fingerprint density at radius 3 is 2.73 bits per heavy atom. The minimum atomic E-state index is -0.633. The van der Waals surface area contributed by atoms with Gasteiger partial charge >= 0.3 is 0 Å². The van der Waals surface area contributed by atoms with E-state index in [9.17, 15) is 14.4 Å². The third-order valence-electron chi connectivity index (χ3n) is 4.87. The summed E-state index contributed by atoms with van der Waals surface area (Å²) in [5, 5.41) is 21.0. The number of nitrogens with one attached hydrogen (secondary N) is 1. The lowest BCUT2D eigenvalue weighted by atomic mass is 9.92. The molecular weight excluding hydrogens is 383 g/mol. The first kappa shape index (κ1) is 19.3. The van der Waals surface area contributed by atoms with Gasteiger partial charge in [-0.25, -0.2) is 4.68 Å². The number of amides is 1. The fourth-order valence-corrected chi connectivity index (χ4v) is 3.56. The minimum Gasteiger partial charge on any atom is -0.322 e. The smallest absolute Gasteiger partial charge is 0.258 e. The molecule has 0 bridgehead atoms. The second-order valence-corrected chi connectivity index (χ2v) is 7.30. The van der Waals surface area contributed by atoms with Crippen molar-refractivity contribution in [2.75, 3.05) is 5.32 Å². The third kappa shape index (κ3) is 3.31. The van der Waals surface area contributed by atoms with Gasteiger partial charge in [-0.3, -0.25) is 9.48 Å². The molecule has 2 heterocycles. The molecule has 1 N–H and O–H groups in total. The maximum atomic E-state index is 14.1. The number of aromatic nitrogens is 4. The molecule has 30 heavy (non-hydrogen) atoms. The lowest BCUT2D eigenvalue weighted by Gasteiger charge is -2.14. The van der Waals surface area contributed by atoms with Gasteiger partial charge in [0.1, 0.15) is 5.69 Å². The van der Waals surface area contributed by atoms with E-state index in [-0.39, 0.29) is 17.5 Å². The summed E-state index contributed by atoms with van der Waals surface area (Å²) in [5.41, 5.74) is 3.04. The first-order chi connectivity index (χ1) is 14.4. The zero-order valence-electron chi connectivity index (χ0n) is 16.7. The van der Waals surface area contributed by atoms with Gasteiger partial charge in [-0.2, -0.15) is 14.8 Å². The van der Waals surface area contributed by atoms with E-state index < -0.39 is 5.95 Å². The van der Waals surface area contributed by atoms with E-state index in [1.807, 2.05) is 13.8 Å². The molecular formula is C22H19FN6O. The van der Waals surface area contributed by atoms with E-state index in [2.05, 4.69) is 21.6 Å². The average molecular weight is 402 g/mol. The molecule has 150 valence electrons. The molecule has 2 aromatic carbocycles. The van der Waals surface area contributed by atoms with Crippen LogP contribution in [0.5, 0.6) is 0 Å². The molecule has 0 saturated carbocycles. The monoisotopic (exact) mass is 402 g/mol. The first-order valence-electron chi connectivity index (χ1n) is 9.40. The average Bonchev–Trinajstić information content (AvgIpc) is 3.28. The molecule has 2 aromatic heterocycles. The number of fused-ring (bicyclic) bond motifs is 1. The van der Waals surface area contributed by atoms with Crippen molar-refractivity contribution in [2.45, 2.75) is 19.8 Å². The fraction of sp³-hybridized carbons (Fsp3) is 0.182. The number of rotatable bonds is 4. The summed E-state index contributed by atoms with van der Waals surface area (Å²) in [6.07, 6.45) is 3.16. The highest BCUT2D eigenvalue weighted by molar-refractivity contribution is 6.06. The molecule has 8 heteroatoms. The van der Waals surface area contributed by atoms with Crippen LogP contribution in [0.4, 0.5) is 10.1 Å². The van der Waals surface area contributed by atoms with Crippen LogP contribution in [0.1, 0.15) is 41.3 Å². The zero-order chi connectivity index (χ0) is 21.4. The molecule has 1 amide bonds. The van der Waals surface area contributed by atoms with E-state index in [0.29, 0.717) is 27.9 Å². The Hall–Kier alpha value is -3.99. The number of carbonyl (C=O) groups excluding carboxylic acids is 1. The molecule has 7 nitrogen and oxygen atoms in total. The number of aryl methyl sites for hydroxylation is 1. The van der Waals surface area contributed by atoms with E-state index >= 15 is 0 Å². The lowest BCUT2D eigenvalue weighted by Crippen LogP contribution is -2.16. The number of carbonyl (C=O) groups is 1. The summed E-state index contributed by atoms with van der Waals surface area (Å²) in [7, 11) is 1.63. The third-order valence-corrected chi connectivity index (χ3v) is 4.87. The quantitative estimate of drug-likeness (QED) is 0.555. The lowest BCUT2D eigenvalue weighted by molar-refractivity contribution is 0.102. The van der Waals surface area contributed by atoms with E-state index in [0.717, 1.165) is 5.39 Å². The van der Waals surface area contributed by atoms with E-state index in [1.165, 1.54) is 15.6 Å². The van der Waals surface area contributed by atoms with Gasteiger partial charge in [0.2, 0.25) is 0 Å². The molecule has 0 aliphatic rings. The molecule has 0 unspecified atom stereocenters. The highest BCUT2D eigenvalue weighted by Crippen LogP contribution is 2.26. The molecule has 0 spiro atoms. The molecule has 0 aliphatic carbocycles. The summed E-state index contributed by atoms with van der Waals surface area (Å²) < 4.78 is 17.0. The summed E-state index contributed by atoms with van der Waals surface area (Å²) in [6, 6.07) is 12.6. The second kappa shape index (κ2) is 7.44. The highest BCUT2D eigenvalue weighted by atomic mass is 19.1. The SMILES string of the molecule is CC(C)c1c(C#N)cccc1C(=O)Nc1ccc2cnn(-c3cn(C)nc3F)c2c1. The minimum absolute atomic E-state index is 0.0130. The molecule has 0 fully saturated rings. The molecule has 4 rings (SSSR count). The number of anilines is 1. The molecule has 0 atom stereocenters. The summed E-state index contributed by atoms with van der Waals surface area (Å²) >= 11 is 0. The first-order valence-corrected chi connectivity index (χ1v) is 9.40. The van der Waals surface area contributed by atoms with Crippen LogP contribution in [0.2, 0.25) is 0 Å². The Labute approximate surface area is 172 Å². The molecule has 0 aliphatic heterocycles. The van der Waals surface area contributed by atoms with Crippen molar-refractivity contribution in [1.82, 2.24) is 19.6 Å². The Bertz CT molecular complexity index is 1310. The Kier molecular flexibility index (Phi) is 4.80. The van der Waals surface area contributed by atoms with Crippen LogP contribution in [-0.2, 0) is 7.05 Å². The van der Waals surface area contributed by atoms with Crippen LogP contribution >= 0.6 is 0 Å². The van der Waals surface area contributed by atoms with Crippen LogP contribution in [0, 0.1) is 17.3 Å². The highest BCUT2D eigenvalue weighted by Gasteiger charge is 2.18. The van der Waals surface area contributed by atoms with Gasteiger partial charge in [0.05, 0.1) is 29.5 Å². The predicted octanol–water partition coefficient (Wildman–Crippen LogP) is 4.15. The Balaban J connectivity index is 1.72. The molecule has 4 aromatic rings. The largest absolute Gasteiger partial charge is 0.322 e. The van der Waals surface area contributed by atoms with Crippen molar-refractivity contribution < 1.29 is 9.18 Å². The van der Waals surface area contributed by atoms with Crippen molar-refractivity contribution in [2.24, 2.45) is 7.05 Å². The number of nitrogens with zero attached hydrogens (tertiary/aromatic N) is 5. The normalized spacial score (nSPS) is 11.1. The van der Waals surface area contributed by atoms with Crippen LogP contribution in [0.15, 0.2) is 48.8 Å². The standard InChI is InChI=1S/C22H19FN6O/c1-13(2)20-14(10-24)5-4-6-17(20)22(30)26-16-8-7-15-11-25-29(18(15)9-16)19-12-28(3)27-21(19)23/h4-9,11-13H,1-3H3,(H,26,30). The van der Waals surface area contributed by atoms with Gasteiger partial charge < -0.3 is 5.32 Å². The van der Waals surface area contributed by atoms with Gasteiger partial charge in [0, 0.05) is 23.7 Å². The van der Waals surface area contributed by atoms with Gasteiger partial charge in [0.25, 0.3) is 11.9 Å². The molecule has 0 saturated heterocycles. The maximum Gasteiger partial charge on any atom is 0.258 e. The maximum absolute atomic E-state index is 14.1. The van der Waals surface area contributed by atoms with Crippen LogP contribution in [0.3, 0.4) is 0 Å². The summed E-state index contributed by atoms with van der Waals surface area (Å²) in [4.78, 5) is 13.0. The number of benzene rings is 2. The van der Waals surface area contributed by atoms with Crippen molar-refractivity contribution in [3.05, 3.63) is 71.4 Å². The topological polar surface area (TPSA) is 88.5 Å². The number of halogens is 1. The van der Waals surface area contributed by atoms with Gasteiger partial charge in [0.15, 0.2) is 0 Å². The van der Waals surface area contributed by atoms with Crippen molar-refractivity contribution in [3.8, 4) is 11.8 Å². The molecule has 0 radical (unpaired) electrons. The van der Waals surface area contributed by atoms with Gasteiger partial charge in [-0.15, -0.1) is 5.10 Å². The van der Waals surface area contributed by atoms with Crippen molar-refractivity contribution >= 4 is 22.5 Å². The van der Waals surface area contributed by atoms with E-state index in [1.54, 1.807) is 49.6 Å². The number of hydrogen-bond acceptors (Lipinski definition) is 4. The Morgan fingerprint density at radius 2 is 2.07 bits per heavy atom. The zero-order valence-corrected chi connectivity index (χ0v) is 16.7. The van der Waals surface area contributed by atoms with Gasteiger partial charge in [-0.1, -0.05) is 19.9 Å². The fourth-order valence-electron chi connectivity index (χ4n) is 3.56. The van der Waals surface area contributed by atoms with Crippen LogP contribution < -0.4 is 5.32 Å².